The highest BCUT2D eigenvalue weighted by molar-refractivity contribution is 7.28. The van der Waals surface area contributed by atoms with Gasteiger partial charge in [-0.1, -0.05) is 0 Å². The highest BCUT2D eigenvalue weighted by Crippen LogP contribution is 2.36. The van der Waals surface area contributed by atoms with Crippen molar-refractivity contribution in [3.63, 3.8) is 0 Å². The Kier molecular flexibility index (Phi) is 2.15. The molecule has 0 bridgehead atoms. The highest BCUT2D eigenvalue weighted by atomic mass is 32.1. The first-order chi connectivity index (χ1) is 7.78. The molecule has 80 valence electrons. The van der Waals surface area contributed by atoms with Gasteiger partial charge in [-0.05, 0) is 17.5 Å². The van der Waals surface area contributed by atoms with Crippen LogP contribution in [0.2, 0.25) is 0 Å². The van der Waals surface area contributed by atoms with Crippen molar-refractivity contribution in [2.75, 3.05) is 0 Å². The van der Waals surface area contributed by atoms with Crippen molar-refractivity contribution < 1.29 is 4.79 Å². The van der Waals surface area contributed by atoms with Gasteiger partial charge in [0.2, 0.25) is 0 Å². The highest BCUT2D eigenvalue weighted by Gasteiger charge is 2.12. The maximum Gasteiger partial charge on any atom is 0.153 e. The van der Waals surface area contributed by atoms with Crippen molar-refractivity contribution in [1.82, 2.24) is 9.78 Å². The smallest absolute Gasteiger partial charge is 0.153 e. The van der Waals surface area contributed by atoms with Crippen LogP contribution in [0, 0.1) is 0 Å². The lowest BCUT2D eigenvalue weighted by Gasteiger charge is -1.90. The van der Waals surface area contributed by atoms with Crippen LogP contribution in [0.5, 0.6) is 0 Å². The number of aryl methyl sites for hydroxylation is 1. The molecular formula is C11H8N2OS2. The van der Waals surface area contributed by atoms with Gasteiger partial charge < -0.3 is 0 Å². The van der Waals surface area contributed by atoms with E-state index < -0.39 is 0 Å². The molecule has 0 unspecified atom stereocenters. The molecule has 3 aromatic rings. The van der Waals surface area contributed by atoms with E-state index in [1.807, 2.05) is 7.05 Å². The molecule has 16 heavy (non-hydrogen) atoms. The molecule has 0 N–H and O–H groups in total. The van der Waals surface area contributed by atoms with Crippen LogP contribution in [0.3, 0.4) is 0 Å². The lowest BCUT2D eigenvalue weighted by Crippen LogP contribution is -1.86. The summed E-state index contributed by atoms with van der Waals surface area (Å²) in [5.74, 6) is 0. The third-order valence-corrected chi connectivity index (χ3v) is 4.46. The van der Waals surface area contributed by atoms with E-state index in [2.05, 4.69) is 22.6 Å². The number of carbonyl (C=O) groups excluding carboxylic acids is 1. The minimum atomic E-state index is 0.649. The summed E-state index contributed by atoms with van der Waals surface area (Å²) in [4.78, 5) is 12.0. The fraction of sp³-hybridized carbons (Fsp3) is 0.0909. The first-order valence-corrected chi connectivity index (χ1v) is 6.44. The van der Waals surface area contributed by atoms with Crippen LogP contribution >= 0.6 is 22.7 Å². The van der Waals surface area contributed by atoms with Crippen LogP contribution in [0.15, 0.2) is 23.7 Å². The molecule has 3 heterocycles. The number of thiophene rings is 2. The number of aromatic nitrogens is 2. The fourth-order valence-corrected chi connectivity index (χ4v) is 3.78. The molecule has 3 nitrogen and oxygen atoms in total. The van der Waals surface area contributed by atoms with E-state index >= 15 is 0 Å². The van der Waals surface area contributed by atoms with Gasteiger partial charge in [0.25, 0.3) is 0 Å². The molecular weight excluding hydrogens is 240 g/mol. The van der Waals surface area contributed by atoms with Gasteiger partial charge >= 0.3 is 0 Å². The minimum Gasteiger partial charge on any atom is -0.298 e. The van der Waals surface area contributed by atoms with E-state index in [1.54, 1.807) is 33.6 Å². The van der Waals surface area contributed by atoms with Gasteiger partial charge in [0, 0.05) is 22.6 Å². The van der Waals surface area contributed by atoms with Gasteiger partial charge in [0.15, 0.2) is 6.29 Å². The SMILES string of the molecule is Cn1cc(C=O)c(-c2cc3sccc3s2)n1. The Morgan fingerprint density at radius 3 is 3.06 bits per heavy atom. The lowest BCUT2D eigenvalue weighted by atomic mass is 10.2. The predicted octanol–water partition coefficient (Wildman–Crippen LogP) is 3.18. The maximum atomic E-state index is 10.9. The molecule has 5 heteroatoms. The molecule has 0 radical (unpaired) electrons. The van der Waals surface area contributed by atoms with Gasteiger partial charge in [-0.15, -0.1) is 22.7 Å². The Bertz CT molecular complexity index is 634. The van der Waals surface area contributed by atoms with Gasteiger partial charge in [-0.2, -0.15) is 5.10 Å². The van der Waals surface area contributed by atoms with Crippen LogP contribution in [0.25, 0.3) is 20.0 Å². The molecule has 3 rings (SSSR count). The number of carbonyl (C=O) groups is 1. The van der Waals surface area contributed by atoms with E-state index in [4.69, 9.17) is 0 Å². The third kappa shape index (κ3) is 1.40. The second-order valence-corrected chi connectivity index (χ2v) is 5.52. The Morgan fingerprint density at radius 1 is 1.44 bits per heavy atom. The molecule has 3 aromatic heterocycles. The topological polar surface area (TPSA) is 34.9 Å². The quantitative estimate of drug-likeness (QED) is 0.653. The number of aldehydes is 1. The Hall–Kier alpha value is -1.46. The summed E-state index contributed by atoms with van der Waals surface area (Å²) in [7, 11) is 1.83. The van der Waals surface area contributed by atoms with E-state index in [0.29, 0.717) is 5.56 Å². The van der Waals surface area contributed by atoms with Crippen molar-refractivity contribution in [3.8, 4) is 10.6 Å². The van der Waals surface area contributed by atoms with E-state index in [0.717, 1.165) is 16.9 Å². The maximum absolute atomic E-state index is 10.9. The Balaban J connectivity index is 2.21. The monoisotopic (exact) mass is 248 g/mol. The van der Waals surface area contributed by atoms with E-state index in [-0.39, 0.29) is 0 Å². The number of hydrogen-bond donors (Lipinski definition) is 0. The van der Waals surface area contributed by atoms with Crippen molar-refractivity contribution in [2.24, 2.45) is 7.05 Å². The molecule has 0 aliphatic rings. The van der Waals surface area contributed by atoms with Crippen molar-refractivity contribution in [2.45, 2.75) is 0 Å². The average molecular weight is 248 g/mol. The number of fused-ring (bicyclic) bond motifs is 1. The van der Waals surface area contributed by atoms with E-state index in [9.17, 15) is 4.79 Å². The summed E-state index contributed by atoms with van der Waals surface area (Å²) in [5, 5.41) is 6.40. The van der Waals surface area contributed by atoms with Gasteiger partial charge in [0.05, 0.1) is 10.4 Å². The second-order valence-electron chi connectivity index (χ2n) is 3.48. The van der Waals surface area contributed by atoms with Crippen LogP contribution < -0.4 is 0 Å². The van der Waals surface area contributed by atoms with Gasteiger partial charge in [-0.3, -0.25) is 9.48 Å². The average Bonchev–Trinajstić information content (AvgIpc) is 2.88. The number of rotatable bonds is 2. The molecule has 0 fully saturated rings. The first-order valence-electron chi connectivity index (χ1n) is 4.74. The summed E-state index contributed by atoms with van der Waals surface area (Å²) in [6.45, 7) is 0. The number of hydrogen-bond acceptors (Lipinski definition) is 4. The summed E-state index contributed by atoms with van der Waals surface area (Å²) in [6.07, 6.45) is 2.60. The lowest BCUT2D eigenvalue weighted by molar-refractivity contribution is 0.112. The van der Waals surface area contributed by atoms with Crippen molar-refractivity contribution in [1.29, 1.82) is 0 Å². The molecule has 0 aromatic carbocycles. The molecule has 0 atom stereocenters. The van der Waals surface area contributed by atoms with Crippen LogP contribution in [-0.4, -0.2) is 16.1 Å². The summed E-state index contributed by atoms with van der Waals surface area (Å²) in [5.41, 5.74) is 1.43. The zero-order valence-corrected chi connectivity index (χ0v) is 10.1. The molecule has 0 amide bonds. The zero-order chi connectivity index (χ0) is 11.1. The molecule has 0 saturated carbocycles. The minimum absolute atomic E-state index is 0.649. The van der Waals surface area contributed by atoms with Crippen molar-refractivity contribution in [3.05, 3.63) is 29.3 Å². The van der Waals surface area contributed by atoms with Gasteiger partial charge in [0.1, 0.15) is 5.69 Å². The largest absolute Gasteiger partial charge is 0.298 e. The van der Waals surface area contributed by atoms with E-state index in [1.165, 1.54) is 9.40 Å². The normalized spacial score (nSPS) is 11.1. The van der Waals surface area contributed by atoms with Crippen molar-refractivity contribution >= 4 is 38.4 Å². The Morgan fingerprint density at radius 2 is 2.31 bits per heavy atom. The third-order valence-electron chi connectivity index (χ3n) is 2.36. The predicted molar refractivity (Wildman–Crippen MR) is 67.3 cm³/mol. The summed E-state index contributed by atoms with van der Waals surface area (Å²) in [6, 6.07) is 4.19. The van der Waals surface area contributed by atoms with Crippen LogP contribution in [0.1, 0.15) is 10.4 Å². The molecule has 0 saturated heterocycles. The standard InChI is InChI=1S/C11H8N2OS2/c1-13-5-7(6-14)11(12-13)10-4-9-8(16-10)2-3-15-9/h2-6H,1H3. The molecule has 0 spiro atoms. The van der Waals surface area contributed by atoms with Gasteiger partial charge in [-0.25, -0.2) is 0 Å². The second kappa shape index (κ2) is 3.54. The molecule has 0 aliphatic carbocycles. The zero-order valence-electron chi connectivity index (χ0n) is 8.51. The summed E-state index contributed by atoms with van der Waals surface area (Å²) >= 11 is 3.39. The Labute approximate surface area is 99.9 Å². The van der Waals surface area contributed by atoms with Crippen LogP contribution in [-0.2, 0) is 7.05 Å². The fourth-order valence-electron chi connectivity index (χ4n) is 1.67. The van der Waals surface area contributed by atoms with Crippen LogP contribution in [0.4, 0.5) is 0 Å². The molecule has 0 aliphatic heterocycles. The summed E-state index contributed by atoms with van der Waals surface area (Å²) < 4.78 is 4.18. The number of nitrogens with zero attached hydrogens (tertiary/aromatic N) is 2. The first kappa shape index (κ1) is 9.74.